The Hall–Kier alpha value is -4.13. The zero-order valence-corrected chi connectivity index (χ0v) is 20.4. The maximum atomic E-state index is 12.5. The molecule has 36 heavy (non-hydrogen) atoms. The third-order valence-corrected chi connectivity index (χ3v) is 6.20. The molecule has 0 bridgehead atoms. The third-order valence-electron chi connectivity index (χ3n) is 6.20. The fourth-order valence-electron chi connectivity index (χ4n) is 4.34. The lowest BCUT2D eigenvalue weighted by molar-refractivity contribution is -0.150. The minimum absolute atomic E-state index is 0.0679. The van der Waals surface area contributed by atoms with E-state index in [-0.39, 0.29) is 31.6 Å². The quantitative estimate of drug-likeness (QED) is 0.437. The second kappa shape index (κ2) is 11.5. The molecule has 7 nitrogen and oxygen atoms in total. The molecule has 0 fully saturated rings. The molecule has 0 saturated heterocycles. The van der Waals surface area contributed by atoms with E-state index < -0.39 is 24.0 Å². The number of nitrogens with one attached hydrogen (secondary N) is 2. The first-order valence-corrected chi connectivity index (χ1v) is 12.0. The highest BCUT2D eigenvalue weighted by Crippen LogP contribution is 2.44. The fraction of sp³-hybridized carbons (Fsp3) is 0.276. The van der Waals surface area contributed by atoms with E-state index in [1.807, 2.05) is 80.6 Å². The van der Waals surface area contributed by atoms with E-state index in [9.17, 15) is 14.4 Å². The largest absolute Gasteiger partial charge is 0.459 e. The van der Waals surface area contributed by atoms with Gasteiger partial charge in [-0.3, -0.25) is 4.79 Å². The van der Waals surface area contributed by atoms with Crippen LogP contribution >= 0.6 is 0 Å². The van der Waals surface area contributed by atoms with Crippen molar-refractivity contribution in [2.45, 2.75) is 32.4 Å². The Bertz CT molecular complexity index is 1180. The summed E-state index contributed by atoms with van der Waals surface area (Å²) in [6.07, 6.45) is -0.695. The molecule has 186 valence electrons. The number of hydrogen-bond acceptors (Lipinski definition) is 5. The topological polar surface area (TPSA) is 93.7 Å². The molecule has 0 heterocycles. The number of alkyl carbamates (subject to hydrolysis) is 1. The van der Waals surface area contributed by atoms with Gasteiger partial charge in [-0.05, 0) is 33.7 Å². The molecule has 3 aromatic rings. The molecule has 0 aliphatic heterocycles. The zero-order chi connectivity index (χ0) is 25.5. The van der Waals surface area contributed by atoms with Crippen LogP contribution in [0.25, 0.3) is 11.1 Å². The highest BCUT2D eigenvalue weighted by atomic mass is 16.5. The van der Waals surface area contributed by atoms with Crippen molar-refractivity contribution in [3.05, 3.63) is 95.6 Å². The number of rotatable bonds is 9. The van der Waals surface area contributed by atoms with Crippen LogP contribution in [0.4, 0.5) is 4.79 Å². The summed E-state index contributed by atoms with van der Waals surface area (Å²) in [6.45, 7) is 3.59. The Balaban J connectivity index is 1.26. The molecule has 2 N–H and O–H groups in total. The van der Waals surface area contributed by atoms with Crippen molar-refractivity contribution in [3.8, 4) is 11.1 Å². The highest BCUT2D eigenvalue weighted by Gasteiger charge is 2.29. The first kappa shape index (κ1) is 25.0. The van der Waals surface area contributed by atoms with Gasteiger partial charge in [0.25, 0.3) is 0 Å². The molecule has 0 radical (unpaired) electrons. The van der Waals surface area contributed by atoms with Crippen LogP contribution in [0.2, 0.25) is 0 Å². The Morgan fingerprint density at radius 2 is 1.39 bits per heavy atom. The van der Waals surface area contributed by atoms with Crippen molar-refractivity contribution in [1.29, 1.82) is 0 Å². The van der Waals surface area contributed by atoms with E-state index in [1.165, 1.54) is 0 Å². The Labute approximate surface area is 210 Å². The minimum Gasteiger partial charge on any atom is -0.459 e. The summed E-state index contributed by atoms with van der Waals surface area (Å²) < 4.78 is 10.8. The van der Waals surface area contributed by atoms with Crippen molar-refractivity contribution in [2.75, 3.05) is 13.2 Å². The SMILES string of the molecule is CC(C)[C@H](NC(=O)CNC(=O)OCC1c2ccccc2-c2ccccc21)C(=O)OCc1ccccc1. The lowest BCUT2D eigenvalue weighted by Gasteiger charge is -2.21. The number of ether oxygens (including phenoxy) is 2. The molecular formula is C29H30N2O5. The van der Waals surface area contributed by atoms with Crippen LogP contribution in [0.15, 0.2) is 78.9 Å². The second-order valence-electron chi connectivity index (χ2n) is 9.06. The maximum absolute atomic E-state index is 12.5. The Kier molecular flexibility index (Phi) is 8.00. The molecule has 0 unspecified atom stereocenters. The molecule has 0 spiro atoms. The van der Waals surface area contributed by atoms with Gasteiger partial charge in [-0.2, -0.15) is 0 Å². The molecule has 1 atom stereocenters. The number of carbonyl (C=O) groups excluding carboxylic acids is 3. The summed E-state index contributed by atoms with van der Waals surface area (Å²) in [6, 6.07) is 24.6. The first-order valence-electron chi connectivity index (χ1n) is 12.0. The number of amides is 2. The summed E-state index contributed by atoms with van der Waals surface area (Å²) >= 11 is 0. The lowest BCUT2D eigenvalue weighted by Crippen LogP contribution is -2.48. The molecule has 2 amide bonds. The van der Waals surface area contributed by atoms with Gasteiger partial charge in [-0.15, -0.1) is 0 Å². The van der Waals surface area contributed by atoms with Gasteiger partial charge in [0.15, 0.2) is 0 Å². The van der Waals surface area contributed by atoms with E-state index >= 15 is 0 Å². The predicted molar refractivity (Wildman–Crippen MR) is 136 cm³/mol. The van der Waals surface area contributed by atoms with Gasteiger partial charge in [0.2, 0.25) is 5.91 Å². The summed E-state index contributed by atoms with van der Waals surface area (Å²) in [5.74, 6) is -1.28. The minimum atomic E-state index is -0.828. The summed E-state index contributed by atoms with van der Waals surface area (Å²) in [7, 11) is 0. The van der Waals surface area contributed by atoms with Gasteiger partial charge in [-0.1, -0.05) is 92.7 Å². The van der Waals surface area contributed by atoms with Crippen LogP contribution in [-0.2, 0) is 25.7 Å². The zero-order valence-electron chi connectivity index (χ0n) is 20.4. The molecule has 4 rings (SSSR count). The number of hydrogen-bond donors (Lipinski definition) is 2. The van der Waals surface area contributed by atoms with E-state index in [4.69, 9.17) is 9.47 Å². The average Bonchev–Trinajstić information content (AvgIpc) is 3.22. The summed E-state index contributed by atoms with van der Waals surface area (Å²) in [4.78, 5) is 37.3. The molecule has 1 aliphatic rings. The smallest absolute Gasteiger partial charge is 0.407 e. The first-order chi connectivity index (χ1) is 17.4. The average molecular weight is 487 g/mol. The van der Waals surface area contributed by atoms with E-state index in [2.05, 4.69) is 22.8 Å². The molecule has 0 saturated carbocycles. The highest BCUT2D eigenvalue weighted by molar-refractivity contribution is 5.87. The fourth-order valence-corrected chi connectivity index (χ4v) is 4.34. The van der Waals surface area contributed by atoms with Crippen LogP contribution < -0.4 is 10.6 Å². The van der Waals surface area contributed by atoms with Crippen LogP contribution in [0.3, 0.4) is 0 Å². The van der Waals surface area contributed by atoms with Crippen LogP contribution in [-0.4, -0.2) is 37.2 Å². The van der Waals surface area contributed by atoms with Crippen LogP contribution in [0.1, 0.15) is 36.5 Å². The predicted octanol–water partition coefficient (Wildman–Crippen LogP) is 4.41. The molecule has 7 heteroatoms. The van der Waals surface area contributed by atoms with Gasteiger partial charge in [0, 0.05) is 5.92 Å². The Morgan fingerprint density at radius 3 is 2.00 bits per heavy atom. The standard InChI is InChI=1S/C29H30N2O5/c1-19(2)27(28(33)35-17-20-10-4-3-5-11-20)31-26(32)16-30-29(34)36-18-25-23-14-8-6-12-21(23)22-13-7-9-15-24(22)25/h3-15,19,25,27H,16-18H2,1-2H3,(H,30,34)(H,31,32)/t27-/m0/s1. The van der Waals surface area contributed by atoms with Gasteiger partial charge < -0.3 is 20.1 Å². The van der Waals surface area contributed by atoms with Crippen LogP contribution in [0, 0.1) is 5.92 Å². The van der Waals surface area contributed by atoms with Gasteiger partial charge in [-0.25, -0.2) is 9.59 Å². The third kappa shape index (κ3) is 5.92. The summed E-state index contributed by atoms with van der Waals surface area (Å²) in [5.41, 5.74) is 5.35. The molecule has 1 aliphatic carbocycles. The maximum Gasteiger partial charge on any atom is 0.407 e. The Morgan fingerprint density at radius 1 is 0.806 bits per heavy atom. The van der Waals surface area contributed by atoms with Crippen molar-refractivity contribution < 1.29 is 23.9 Å². The monoisotopic (exact) mass is 486 g/mol. The molecule has 0 aromatic heterocycles. The molecular weight excluding hydrogens is 456 g/mol. The van der Waals surface area contributed by atoms with Crippen molar-refractivity contribution in [1.82, 2.24) is 10.6 Å². The lowest BCUT2D eigenvalue weighted by atomic mass is 9.98. The van der Waals surface area contributed by atoms with E-state index in [0.29, 0.717) is 0 Å². The molecule has 3 aromatic carbocycles. The second-order valence-corrected chi connectivity index (χ2v) is 9.06. The van der Waals surface area contributed by atoms with Crippen molar-refractivity contribution in [3.63, 3.8) is 0 Å². The summed E-state index contributed by atoms with van der Waals surface area (Å²) in [5, 5.41) is 5.12. The van der Waals surface area contributed by atoms with Crippen molar-refractivity contribution >= 4 is 18.0 Å². The van der Waals surface area contributed by atoms with Gasteiger partial charge >= 0.3 is 12.1 Å². The van der Waals surface area contributed by atoms with Gasteiger partial charge in [0.05, 0.1) is 0 Å². The number of benzene rings is 3. The van der Waals surface area contributed by atoms with Crippen LogP contribution in [0.5, 0.6) is 0 Å². The number of esters is 1. The van der Waals surface area contributed by atoms with Gasteiger partial charge in [0.1, 0.15) is 25.8 Å². The van der Waals surface area contributed by atoms with Crippen molar-refractivity contribution in [2.24, 2.45) is 5.92 Å². The normalized spacial score (nSPS) is 12.9. The van der Waals surface area contributed by atoms with E-state index in [0.717, 1.165) is 27.8 Å². The number of fused-ring (bicyclic) bond motifs is 3. The van der Waals surface area contributed by atoms with E-state index in [1.54, 1.807) is 0 Å². The number of carbonyl (C=O) groups is 3.